The van der Waals surface area contributed by atoms with Crippen molar-refractivity contribution in [3.63, 3.8) is 0 Å². The van der Waals surface area contributed by atoms with Gasteiger partial charge in [-0.05, 0) is 25.5 Å². The number of aromatic nitrogens is 1. The lowest BCUT2D eigenvalue weighted by Gasteiger charge is -2.13. The highest BCUT2D eigenvalue weighted by atomic mass is 32.1. The predicted octanol–water partition coefficient (Wildman–Crippen LogP) is 2.25. The zero-order chi connectivity index (χ0) is 19.6. The van der Waals surface area contributed by atoms with Gasteiger partial charge in [-0.15, -0.1) is 0 Å². The first-order valence-electron chi connectivity index (χ1n) is 8.23. The minimum absolute atomic E-state index is 0.111. The third kappa shape index (κ3) is 3.72. The van der Waals surface area contributed by atoms with Crippen LogP contribution in [-0.4, -0.2) is 47.2 Å². The van der Waals surface area contributed by atoms with Crippen LogP contribution < -0.4 is 5.32 Å². The van der Waals surface area contributed by atoms with Gasteiger partial charge in [0.1, 0.15) is 4.88 Å². The average Bonchev–Trinajstić information content (AvgIpc) is 3.13. The molecule has 1 aliphatic rings. The second kappa shape index (κ2) is 7.67. The number of hydrogen-bond acceptors (Lipinski definition) is 7. The third-order valence-corrected chi connectivity index (χ3v) is 5.13. The van der Waals surface area contributed by atoms with Crippen LogP contribution in [0.3, 0.4) is 0 Å². The Morgan fingerprint density at radius 2 is 1.81 bits per heavy atom. The maximum Gasteiger partial charge on any atom is 0.350 e. The van der Waals surface area contributed by atoms with Crippen molar-refractivity contribution in [3.8, 4) is 0 Å². The Morgan fingerprint density at radius 3 is 2.41 bits per heavy atom. The van der Waals surface area contributed by atoms with Crippen molar-refractivity contribution in [2.75, 3.05) is 19.0 Å². The number of hydrogen-bond donors (Lipinski definition) is 1. The quantitative estimate of drug-likeness (QED) is 0.602. The van der Waals surface area contributed by atoms with E-state index in [2.05, 4.69) is 15.0 Å². The summed E-state index contributed by atoms with van der Waals surface area (Å²) in [4.78, 5) is 53.8. The molecule has 1 N–H and O–H groups in total. The molecule has 8 nitrogen and oxygen atoms in total. The van der Waals surface area contributed by atoms with E-state index < -0.39 is 5.97 Å². The molecule has 1 aromatic carbocycles. The van der Waals surface area contributed by atoms with Gasteiger partial charge in [0, 0.05) is 13.0 Å². The normalized spacial score (nSPS) is 12.9. The zero-order valence-corrected chi connectivity index (χ0v) is 15.6. The SMILES string of the molecule is COC(=O)c1sc(NC(=O)CCCN2C(=O)c3ccccc3C2=O)nc1C. The molecule has 0 unspecified atom stereocenters. The van der Waals surface area contributed by atoms with Gasteiger partial charge in [-0.1, -0.05) is 23.5 Å². The molecule has 140 valence electrons. The monoisotopic (exact) mass is 387 g/mol. The summed E-state index contributed by atoms with van der Waals surface area (Å²) in [7, 11) is 1.28. The lowest BCUT2D eigenvalue weighted by Crippen LogP contribution is -2.31. The molecule has 0 spiro atoms. The Bertz CT molecular complexity index is 902. The Kier molecular flexibility index (Phi) is 5.31. The number of benzene rings is 1. The number of esters is 1. The molecule has 9 heteroatoms. The van der Waals surface area contributed by atoms with Crippen LogP contribution in [0.2, 0.25) is 0 Å². The number of fused-ring (bicyclic) bond motifs is 1. The topological polar surface area (TPSA) is 106 Å². The van der Waals surface area contributed by atoms with Crippen LogP contribution in [0.15, 0.2) is 24.3 Å². The predicted molar refractivity (Wildman–Crippen MR) is 97.9 cm³/mol. The second-order valence-corrected chi connectivity index (χ2v) is 6.88. The lowest BCUT2D eigenvalue weighted by atomic mass is 10.1. The smallest absolute Gasteiger partial charge is 0.350 e. The average molecular weight is 387 g/mol. The van der Waals surface area contributed by atoms with Crippen LogP contribution in [-0.2, 0) is 9.53 Å². The van der Waals surface area contributed by atoms with Crippen molar-refractivity contribution in [2.45, 2.75) is 19.8 Å². The number of amides is 3. The van der Waals surface area contributed by atoms with Crippen LogP contribution in [0.25, 0.3) is 0 Å². The molecular formula is C18H17N3O5S. The van der Waals surface area contributed by atoms with E-state index in [0.717, 1.165) is 16.2 Å². The number of nitrogens with zero attached hydrogens (tertiary/aromatic N) is 2. The summed E-state index contributed by atoms with van der Waals surface area (Å²) in [6.45, 7) is 1.81. The summed E-state index contributed by atoms with van der Waals surface area (Å²) in [6.07, 6.45) is 0.436. The Morgan fingerprint density at radius 1 is 1.19 bits per heavy atom. The van der Waals surface area contributed by atoms with E-state index in [0.29, 0.717) is 33.3 Å². The van der Waals surface area contributed by atoms with E-state index in [9.17, 15) is 19.2 Å². The first-order valence-corrected chi connectivity index (χ1v) is 9.05. The van der Waals surface area contributed by atoms with Gasteiger partial charge in [0.25, 0.3) is 11.8 Å². The van der Waals surface area contributed by atoms with Gasteiger partial charge < -0.3 is 10.1 Å². The van der Waals surface area contributed by atoms with Gasteiger partial charge in [-0.25, -0.2) is 9.78 Å². The molecule has 2 heterocycles. The van der Waals surface area contributed by atoms with Crippen LogP contribution in [0, 0.1) is 6.92 Å². The summed E-state index contributed by atoms with van der Waals surface area (Å²) in [5, 5.41) is 2.92. The molecule has 1 aliphatic heterocycles. The van der Waals surface area contributed by atoms with E-state index in [4.69, 9.17) is 0 Å². The fraction of sp³-hybridized carbons (Fsp3) is 0.278. The Balaban J connectivity index is 1.53. The van der Waals surface area contributed by atoms with Crippen LogP contribution in [0.1, 0.15) is 48.9 Å². The van der Waals surface area contributed by atoms with Gasteiger partial charge in [0.15, 0.2) is 5.13 Å². The number of methoxy groups -OCH3 is 1. The molecular weight excluding hydrogens is 370 g/mol. The molecule has 0 aliphatic carbocycles. The first kappa shape index (κ1) is 18.7. The molecule has 0 bridgehead atoms. The van der Waals surface area contributed by atoms with Gasteiger partial charge in [0.2, 0.25) is 5.91 Å². The highest BCUT2D eigenvalue weighted by molar-refractivity contribution is 7.17. The molecule has 3 amide bonds. The van der Waals surface area contributed by atoms with E-state index in [1.807, 2.05) is 0 Å². The number of carbonyl (C=O) groups excluding carboxylic acids is 4. The largest absolute Gasteiger partial charge is 0.465 e. The van der Waals surface area contributed by atoms with Gasteiger partial charge in [0.05, 0.1) is 23.9 Å². The van der Waals surface area contributed by atoms with Crippen molar-refractivity contribution < 1.29 is 23.9 Å². The Labute approximate surface area is 159 Å². The van der Waals surface area contributed by atoms with E-state index in [1.54, 1.807) is 31.2 Å². The third-order valence-electron chi connectivity index (χ3n) is 4.08. The minimum Gasteiger partial charge on any atom is -0.465 e. The van der Waals surface area contributed by atoms with Crippen LogP contribution in [0.4, 0.5) is 5.13 Å². The standard InChI is InChI=1S/C18H17N3O5S/c1-10-14(17(25)26-2)27-18(19-10)20-13(22)8-5-9-21-15(23)11-6-3-4-7-12(11)16(21)24/h3-4,6-7H,5,8-9H2,1-2H3,(H,19,20,22). The number of thiazole rings is 1. The Hall–Kier alpha value is -3.07. The maximum atomic E-state index is 12.3. The molecule has 1 aromatic heterocycles. The number of ether oxygens (including phenoxy) is 1. The number of rotatable bonds is 6. The van der Waals surface area contributed by atoms with E-state index in [1.165, 1.54) is 7.11 Å². The molecule has 0 saturated carbocycles. The summed E-state index contributed by atoms with van der Waals surface area (Å²) in [5.74, 6) is -1.49. The summed E-state index contributed by atoms with van der Waals surface area (Å²) < 4.78 is 4.65. The van der Waals surface area contributed by atoms with Crippen molar-refractivity contribution in [2.24, 2.45) is 0 Å². The van der Waals surface area contributed by atoms with Gasteiger partial charge >= 0.3 is 5.97 Å². The number of aryl methyl sites for hydroxylation is 1. The van der Waals surface area contributed by atoms with Crippen molar-refractivity contribution in [1.29, 1.82) is 0 Å². The van der Waals surface area contributed by atoms with Gasteiger partial charge in [-0.3, -0.25) is 19.3 Å². The lowest BCUT2D eigenvalue weighted by molar-refractivity contribution is -0.116. The maximum absolute atomic E-state index is 12.3. The zero-order valence-electron chi connectivity index (χ0n) is 14.8. The molecule has 27 heavy (non-hydrogen) atoms. The summed E-state index contributed by atoms with van der Waals surface area (Å²) in [6, 6.07) is 6.65. The number of anilines is 1. The van der Waals surface area contributed by atoms with E-state index >= 15 is 0 Å². The minimum atomic E-state index is -0.504. The summed E-state index contributed by atoms with van der Waals surface area (Å²) >= 11 is 1.04. The number of imide groups is 1. The number of carbonyl (C=O) groups is 4. The van der Waals surface area contributed by atoms with Crippen LogP contribution >= 0.6 is 11.3 Å². The fourth-order valence-electron chi connectivity index (χ4n) is 2.75. The highest BCUT2D eigenvalue weighted by Crippen LogP contribution is 2.24. The molecule has 3 rings (SSSR count). The molecule has 0 saturated heterocycles. The molecule has 0 fully saturated rings. The first-order chi connectivity index (χ1) is 12.9. The van der Waals surface area contributed by atoms with Crippen molar-refractivity contribution >= 4 is 40.2 Å². The molecule has 2 aromatic rings. The van der Waals surface area contributed by atoms with Crippen LogP contribution in [0.5, 0.6) is 0 Å². The van der Waals surface area contributed by atoms with E-state index in [-0.39, 0.29) is 30.7 Å². The summed E-state index contributed by atoms with van der Waals surface area (Å²) in [5.41, 5.74) is 1.26. The fourth-order valence-corrected chi connectivity index (χ4v) is 3.65. The van der Waals surface area contributed by atoms with Gasteiger partial charge in [-0.2, -0.15) is 0 Å². The number of nitrogens with one attached hydrogen (secondary N) is 1. The molecule has 0 atom stereocenters. The highest BCUT2D eigenvalue weighted by Gasteiger charge is 2.34. The second-order valence-electron chi connectivity index (χ2n) is 5.88. The van der Waals surface area contributed by atoms with Crippen molar-refractivity contribution in [3.05, 3.63) is 46.0 Å². The molecule has 0 radical (unpaired) electrons. The van der Waals surface area contributed by atoms with Crippen molar-refractivity contribution in [1.82, 2.24) is 9.88 Å².